The maximum atomic E-state index is 11.1. The molecule has 5 heteroatoms. The van der Waals surface area contributed by atoms with Crippen LogP contribution in [-0.4, -0.2) is 24.5 Å². The summed E-state index contributed by atoms with van der Waals surface area (Å²) in [4.78, 5) is 15.3. The fraction of sp³-hybridized carbons (Fsp3) is 0.364. The van der Waals surface area contributed by atoms with Crippen LogP contribution < -0.4 is 10.6 Å². The number of amides is 1. The van der Waals surface area contributed by atoms with Crippen molar-refractivity contribution in [1.82, 2.24) is 10.3 Å². The highest BCUT2D eigenvalue weighted by Gasteiger charge is 2.08. The van der Waals surface area contributed by atoms with Gasteiger partial charge in [-0.25, -0.2) is 4.98 Å². The molecule has 0 saturated heterocycles. The topological polar surface area (TPSA) is 77.8 Å². The Kier molecular flexibility index (Phi) is 3.84. The second kappa shape index (κ2) is 5.12. The van der Waals surface area contributed by atoms with Crippen molar-refractivity contribution >= 4 is 11.7 Å². The minimum atomic E-state index is -0.148. The molecule has 0 fully saturated rings. The number of aromatic nitrogens is 1. The summed E-state index contributed by atoms with van der Waals surface area (Å²) < 4.78 is 0. The second-order valence-corrected chi connectivity index (χ2v) is 3.44. The van der Waals surface area contributed by atoms with Crippen LogP contribution in [0, 0.1) is 25.2 Å². The number of aryl methyl sites for hydroxylation is 2. The van der Waals surface area contributed by atoms with Crippen LogP contribution in [0.5, 0.6) is 0 Å². The van der Waals surface area contributed by atoms with Gasteiger partial charge in [0, 0.05) is 12.7 Å². The number of carbonyl (C=O) groups is 1. The van der Waals surface area contributed by atoms with Gasteiger partial charge in [0.25, 0.3) is 0 Å². The van der Waals surface area contributed by atoms with Crippen molar-refractivity contribution < 1.29 is 4.79 Å². The Morgan fingerprint density at radius 1 is 1.56 bits per heavy atom. The molecular formula is C11H14N4O. The molecule has 1 heterocycles. The zero-order valence-electron chi connectivity index (χ0n) is 9.59. The SMILES string of the molecule is CNC(=O)CNc1nc(C)cc(C)c1C#N. The Labute approximate surface area is 94.5 Å². The van der Waals surface area contributed by atoms with Crippen molar-refractivity contribution in [3.63, 3.8) is 0 Å². The standard InChI is InChI=1S/C11H14N4O/c1-7-4-8(2)15-11(9(7)5-12)14-6-10(16)13-3/h4H,6H2,1-3H3,(H,13,16)(H,14,15). The van der Waals surface area contributed by atoms with Gasteiger partial charge in [-0.2, -0.15) is 5.26 Å². The molecule has 1 rings (SSSR count). The Bertz CT molecular complexity index is 448. The second-order valence-electron chi connectivity index (χ2n) is 3.44. The monoisotopic (exact) mass is 218 g/mol. The minimum Gasteiger partial charge on any atom is -0.360 e. The van der Waals surface area contributed by atoms with Gasteiger partial charge in [-0.1, -0.05) is 0 Å². The largest absolute Gasteiger partial charge is 0.360 e. The van der Waals surface area contributed by atoms with Gasteiger partial charge in [0.05, 0.1) is 12.1 Å². The van der Waals surface area contributed by atoms with Crippen LogP contribution in [0.1, 0.15) is 16.8 Å². The van der Waals surface area contributed by atoms with Crippen molar-refractivity contribution in [2.45, 2.75) is 13.8 Å². The van der Waals surface area contributed by atoms with Crippen molar-refractivity contribution in [3.05, 3.63) is 22.9 Å². The van der Waals surface area contributed by atoms with Crippen molar-refractivity contribution in [2.75, 3.05) is 18.9 Å². The molecule has 0 aliphatic rings. The Hall–Kier alpha value is -2.09. The summed E-state index contributed by atoms with van der Waals surface area (Å²) in [6.45, 7) is 3.80. The van der Waals surface area contributed by atoms with Crippen LogP contribution in [-0.2, 0) is 4.79 Å². The molecule has 0 bridgehead atoms. The number of pyridine rings is 1. The van der Waals surface area contributed by atoms with E-state index >= 15 is 0 Å². The van der Waals surface area contributed by atoms with Gasteiger partial charge in [-0.15, -0.1) is 0 Å². The van der Waals surface area contributed by atoms with E-state index in [2.05, 4.69) is 21.7 Å². The Morgan fingerprint density at radius 2 is 2.25 bits per heavy atom. The number of hydrogen-bond donors (Lipinski definition) is 2. The lowest BCUT2D eigenvalue weighted by Crippen LogP contribution is -2.26. The van der Waals surface area contributed by atoms with Gasteiger partial charge < -0.3 is 10.6 Å². The van der Waals surface area contributed by atoms with Gasteiger partial charge in [-0.05, 0) is 25.5 Å². The van der Waals surface area contributed by atoms with Crippen molar-refractivity contribution in [1.29, 1.82) is 5.26 Å². The maximum Gasteiger partial charge on any atom is 0.239 e. The Balaban J connectivity index is 2.95. The molecule has 0 aliphatic carbocycles. The molecule has 1 amide bonds. The van der Waals surface area contributed by atoms with E-state index in [-0.39, 0.29) is 12.5 Å². The first-order valence-corrected chi connectivity index (χ1v) is 4.91. The van der Waals surface area contributed by atoms with Gasteiger partial charge in [0.2, 0.25) is 5.91 Å². The molecule has 0 spiro atoms. The lowest BCUT2D eigenvalue weighted by molar-refractivity contribution is -0.118. The average molecular weight is 218 g/mol. The zero-order chi connectivity index (χ0) is 12.1. The quantitative estimate of drug-likeness (QED) is 0.784. The van der Waals surface area contributed by atoms with Crippen LogP contribution in [0.25, 0.3) is 0 Å². The zero-order valence-corrected chi connectivity index (χ0v) is 9.59. The predicted molar refractivity (Wildman–Crippen MR) is 61.0 cm³/mol. The van der Waals surface area contributed by atoms with E-state index in [0.717, 1.165) is 11.3 Å². The summed E-state index contributed by atoms with van der Waals surface area (Å²) in [5, 5.41) is 14.3. The normalized spacial score (nSPS) is 9.38. The average Bonchev–Trinajstić information content (AvgIpc) is 2.25. The highest BCUT2D eigenvalue weighted by molar-refractivity contribution is 5.80. The molecule has 0 unspecified atom stereocenters. The fourth-order valence-electron chi connectivity index (χ4n) is 1.36. The van der Waals surface area contributed by atoms with E-state index in [9.17, 15) is 4.79 Å². The smallest absolute Gasteiger partial charge is 0.239 e. The van der Waals surface area contributed by atoms with E-state index in [4.69, 9.17) is 5.26 Å². The van der Waals surface area contributed by atoms with E-state index in [1.807, 2.05) is 19.9 Å². The highest BCUT2D eigenvalue weighted by atomic mass is 16.1. The fourth-order valence-corrected chi connectivity index (χ4v) is 1.36. The molecule has 5 nitrogen and oxygen atoms in total. The number of hydrogen-bond acceptors (Lipinski definition) is 4. The lowest BCUT2D eigenvalue weighted by atomic mass is 10.1. The van der Waals surface area contributed by atoms with Crippen LogP contribution in [0.15, 0.2) is 6.07 Å². The molecule has 1 aromatic rings. The first-order valence-electron chi connectivity index (χ1n) is 4.91. The third kappa shape index (κ3) is 2.70. The van der Waals surface area contributed by atoms with E-state index in [1.54, 1.807) is 7.05 Å². The van der Waals surface area contributed by atoms with Crippen LogP contribution in [0.4, 0.5) is 5.82 Å². The number of nitrogens with zero attached hydrogens (tertiary/aromatic N) is 2. The first kappa shape index (κ1) is 12.0. The van der Waals surface area contributed by atoms with Crippen LogP contribution in [0.3, 0.4) is 0 Å². The molecule has 0 aromatic carbocycles. The number of nitriles is 1. The first-order chi connectivity index (χ1) is 7.58. The molecule has 0 saturated carbocycles. The maximum absolute atomic E-state index is 11.1. The van der Waals surface area contributed by atoms with Gasteiger partial charge in [-0.3, -0.25) is 4.79 Å². The summed E-state index contributed by atoms with van der Waals surface area (Å²) in [7, 11) is 1.56. The summed E-state index contributed by atoms with van der Waals surface area (Å²) >= 11 is 0. The summed E-state index contributed by atoms with van der Waals surface area (Å²) in [6, 6.07) is 3.91. The van der Waals surface area contributed by atoms with Gasteiger partial charge >= 0.3 is 0 Å². The van der Waals surface area contributed by atoms with Crippen LogP contribution in [0.2, 0.25) is 0 Å². The number of rotatable bonds is 3. The highest BCUT2D eigenvalue weighted by Crippen LogP contribution is 2.16. The summed E-state index contributed by atoms with van der Waals surface area (Å²) in [5.41, 5.74) is 2.15. The molecular weight excluding hydrogens is 204 g/mol. The molecule has 0 atom stereocenters. The van der Waals surface area contributed by atoms with Gasteiger partial charge in [0.15, 0.2) is 0 Å². The Morgan fingerprint density at radius 3 is 2.81 bits per heavy atom. The molecule has 1 aromatic heterocycles. The summed E-state index contributed by atoms with van der Waals surface area (Å²) in [5.74, 6) is 0.313. The van der Waals surface area contributed by atoms with Crippen molar-refractivity contribution in [2.24, 2.45) is 0 Å². The van der Waals surface area contributed by atoms with E-state index in [1.165, 1.54) is 0 Å². The van der Waals surface area contributed by atoms with Crippen molar-refractivity contribution in [3.8, 4) is 6.07 Å². The minimum absolute atomic E-state index is 0.112. The molecule has 16 heavy (non-hydrogen) atoms. The molecule has 84 valence electrons. The van der Waals surface area contributed by atoms with E-state index < -0.39 is 0 Å². The number of likely N-dealkylation sites (N-methyl/N-ethyl adjacent to an activating group) is 1. The van der Waals surface area contributed by atoms with Gasteiger partial charge in [0.1, 0.15) is 11.9 Å². The number of carbonyl (C=O) groups excluding carboxylic acids is 1. The van der Waals surface area contributed by atoms with E-state index in [0.29, 0.717) is 11.4 Å². The third-order valence-corrected chi connectivity index (χ3v) is 2.15. The lowest BCUT2D eigenvalue weighted by Gasteiger charge is -2.09. The predicted octanol–water partition coefficient (Wildman–Crippen LogP) is 0.728. The number of nitrogens with one attached hydrogen (secondary N) is 2. The number of anilines is 1. The molecule has 0 aliphatic heterocycles. The summed E-state index contributed by atoms with van der Waals surface area (Å²) in [6.07, 6.45) is 0. The third-order valence-electron chi connectivity index (χ3n) is 2.15. The van der Waals surface area contributed by atoms with Crippen LogP contribution >= 0.6 is 0 Å². The molecule has 2 N–H and O–H groups in total. The molecule has 0 radical (unpaired) electrons.